The van der Waals surface area contributed by atoms with Crippen LogP contribution in [0.4, 0.5) is 0 Å². The molecule has 0 aromatic rings. The van der Waals surface area contributed by atoms with E-state index in [1.165, 1.54) is 32.5 Å². The van der Waals surface area contributed by atoms with Crippen molar-refractivity contribution in [2.24, 2.45) is 23.2 Å². The van der Waals surface area contributed by atoms with Crippen molar-refractivity contribution < 1.29 is 0 Å². The Morgan fingerprint density at radius 3 is 1.89 bits per heavy atom. The molecule has 0 amide bonds. The summed E-state index contributed by atoms with van der Waals surface area (Å²) in [4.78, 5) is 2.77. The molecule has 106 valence electrons. The topological polar surface area (TPSA) is 15.3 Å². The third-order valence-electron chi connectivity index (χ3n) is 7.12. The maximum atomic E-state index is 3.66. The Morgan fingerprint density at radius 2 is 1.37 bits per heavy atom. The molecule has 4 saturated carbocycles. The molecular formula is C17H28N2. The minimum atomic E-state index is 0.795. The summed E-state index contributed by atoms with van der Waals surface area (Å²) in [5, 5.41) is 3.66. The van der Waals surface area contributed by atoms with Crippen molar-refractivity contribution in [2.75, 3.05) is 19.6 Å². The Morgan fingerprint density at radius 1 is 0.842 bits per heavy atom. The molecule has 2 heteroatoms. The molecule has 7 rings (SSSR count). The highest BCUT2D eigenvalue weighted by Gasteiger charge is 2.50. The minimum Gasteiger partial charge on any atom is -0.309 e. The van der Waals surface area contributed by atoms with E-state index < -0.39 is 0 Å². The quantitative estimate of drug-likeness (QED) is 0.839. The van der Waals surface area contributed by atoms with Crippen LogP contribution in [0.1, 0.15) is 51.4 Å². The van der Waals surface area contributed by atoms with Gasteiger partial charge in [-0.3, -0.25) is 0 Å². The molecule has 2 unspecified atom stereocenters. The molecule has 6 bridgehead atoms. The third kappa shape index (κ3) is 1.90. The van der Waals surface area contributed by atoms with Gasteiger partial charge >= 0.3 is 0 Å². The first-order chi connectivity index (χ1) is 9.26. The number of hydrogen-bond donors (Lipinski definition) is 1. The molecule has 0 radical (unpaired) electrons. The van der Waals surface area contributed by atoms with Crippen molar-refractivity contribution in [1.82, 2.24) is 10.2 Å². The highest BCUT2D eigenvalue weighted by atomic mass is 15.3. The van der Waals surface area contributed by atoms with Gasteiger partial charge in [0.15, 0.2) is 0 Å². The summed E-state index contributed by atoms with van der Waals surface area (Å²) in [6.45, 7) is 4.08. The molecule has 2 nitrogen and oxygen atoms in total. The average Bonchev–Trinajstić information content (AvgIpc) is 2.34. The van der Waals surface area contributed by atoms with Gasteiger partial charge in [-0.15, -0.1) is 0 Å². The summed E-state index contributed by atoms with van der Waals surface area (Å²) in [6.07, 6.45) is 12.5. The van der Waals surface area contributed by atoms with Crippen LogP contribution < -0.4 is 5.32 Å². The lowest BCUT2D eigenvalue weighted by Crippen LogP contribution is -2.67. The number of rotatable bonds is 3. The van der Waals surface area contributed by atoms with E-state index in [0.29, 0.717) is 0 Å². The molecule has 3 aliphatic heterocycles. The molecule has 0 aromatic heterocycles. The maximum absolute atomic E-state index is 3.66. The van der Waals surface area contributed by atoms with E-state index in [9.17, 15) is 0 Å². The van der Waals surface area contributed by atoms with E-state index in [-0.39, 0.29) is 0 Å². The SMILES string of the molecule is C1C2CC3CC1CC(CCN1CC4CC(C1)N4)(C2)C3. The molecule has 7 fully saturated rings. The predicted molar refractivity (Wildman–Crippen MR) is 77.0 cm³/mol. The van der Waals surface area contributed by atoms with E-state index in [1.807, 2.05) is 0 Å². The normalized spacial score (nSPS) is 55.3. The summed E-state index contributed by atoms with van der Waals surface area (Å²) >= 11 is 0. The van der Waals surface area contributed by atoms with Gasteiger partial charge in [0.25, 0.3) is 0 Å². The summed E-state index contributed by atoms with van der Waals surface area (Å²) < 4.78 is 0. The van der Waals surface area contributed by atoms with Crippen molar-refractivity contribution in [2.45, 2.75) is 63.5 Å². The van der Waals surface area contributed by atoms with Crippen LogP contribution >= 0.6 is 0 Å². The Hall–Kier alpha value is -0.0800. The van der Waals surface area contributed by atoms with Crippen molar-refractivity contribution in [3.63, 3.8) is 0 Å². The summed E-state index contributed by atoms with van der Waals surface area (Å²) in [6, 6.07) is 1.69. The van der Waals surface area contributed by atoms with E-state index in [0.717, 1.165) is 35.3 Å². The van der Waals surface area contributed by atoms with Gasteiger partial charge in [0.2, 0.25) is 0 Å². The Balaban J connectivity index is 1.24. The van der Waals surface area contributed by atoms with Gasteiger partial charge in [0.1, 0.15) is 0 Å². The van der Waals surface area contributed by atoms with Crippen molar-refractivity contribution >= 4 is 0 Å². The minimum absolute atomic E-state index is 0.795. The number of fused-ring (bicyclic) bond motifs is 2. The van der Waals surface area contributed by atoms with E-state index in [1.54, 1.807) is 38.5 Å². The Labute approximate surface area is 117 Å². The van der Waals surface area contributed by atoms with Crippen LogP contribution in [-0.4, -0.2) is 36.6 Å². The lowest BCUT2D eigenvalue weighted by molar-refractivity contribution is -0.0642. The van der Waals surface area contributed by atoms with Crippen LogP contribution in [0.25, 0.3) is 0 Å². The lowest BCUT2D eigenvalue weighted by Gasteiger charge is -2.58. The zero-order valence-corrected chi connectivity index (χ0v) is 12.1. The summed E-state index contributed by atoms with van der Waals surface area (Å²) in [5.41, 5.74) is 0.795. The van der Waals surface area contributed by atoms with Gasteiger partial charge in [-0.1, -0.05) is 0 Å². The zero-order chi connectivity index (χ0) is 12.4. The van der Waals surface area contributed by atoms with Crippen molar-refractivity contribution in [3.05, 3.63) is 0 Å². The third-order valence-corrected chi connectivity index (χ3v) is 7.12. The monoisotopic (exact) mass is 260 g/mol. The highest BCUT2D eigenvalue weighted by Crippen LogP contribution is 2.61. The predicted octanol–water partition coefficient (Wildman–Crippen LogP) is 2.64. The van der Waals surface area contributed by atoms with Gasteiger partial charge in [0.05, 0.1) is 0 Å². The molecular weight excluding hydrogens is 232 g/mol. The van der Waals surface area contributed by atoms with Crippen molar-refractivity contribution in [1.29, 1.82) is 0 Å². The number of hydrogen-bond acceptors (Lipinski definition) is 2. The second-order valence-electron chi connectivity index (χ2n) is 8.72. The van der Waals surface area contributed by atoms with Gasteiger partial charge in [-0.25, -0.2) is 0 Å². The first-order valence-electron chi connectivity index (χ1n) is 8.75. The molecule has 0 aromatic carbocycles. The molecule has 4 aliphatic carbocycles. The van der Waals surface area contributed by atoms with Gasteiger partial charge < -0.3 is 10.2 Å². The molecule has 0 spiro atoms. The summed E-state index contributed by atoms with van der Waals surface area (Å²) in [7, 11) is 0. The Kier molecular flexibility index (Phi) is 2.42. The molecule has 1 N–H and O–H groups in total. The van der Waals surface area contributed by atoms with Crippen LogP contribution in [0.3, 0.4) is 0 Å². The average molecular weight is 260 g/mol. The van der Waals surface area contributed by atoms with Crippen LogP contribution in [0.2, 0.25) is 0 Å². The first-order valence-corrected chi connectivity index (χ1v) is 8.75. The molecule has 19 heavy (non-hydrogen) atoms. The second kappa shape index (κ2) is 3.98. The van der Waals surface area contributed by atoms with Gasteiger partial charge in [0, 0.05) is 25.2 Å². The van der Waals surface area contributed by atoms with E-state index in [4.69, 9.17) is 0 Å². The molecule has 2 atom stereocenters. The fraction of sp³-hybridized carbons (Fsp3) is 1.00. The molecule has 7 aliphatic rings. The largest absolute Gasteiger partial charge is 0.309 e. The van der Waals surface area contributed by atoms with Gasteiger partial charge in [-0.2, -0.15) is 0 Å². The van der Waals surface area contributed by atoms with E-state index >= 15 is 0 Å². The van der Waals surface area contributed by atoms with Crippen LogP contribution in [0.5, 0.6) is 0 Å². The van der Waals surface area contributed by atoms with Crippen LogP contribution in [0.15, 0.2) is 0 Å². The lowest BCUT2D eigenvalue weighted by atomic mass is 9.49. The first kappa shape index (κ1) is 11.6. The fourth-order valence-electron chi connectivity index (χ4n) is 6.78. The number of nitrogens with zero attached hydrogens (tertiary/aromatic N) is 1. The Bertz CT molecular complexity index is 326. The van der Waals surface area contributed by atoms with E-state index in [2.05, 4.69) is 10.2 Å². The maximum Gasteiger partial charge on any atom is 0.0213 e. The smallest absolute Gasteiger partial charge is 0.0213 e. The fourth-order valence-corrected chi connectivity index (χ4v) is 6.78. The highest BCUT2D eigenvalue weighted by molar-refractivity contribution is 5.02. The molecule has 3 saturated heterocycles. The van der Waals surface area contributed by atoms with Gasteiger partial charge in [-0.05, 0) is 81.1 Å². The number of piperazine rings is 1. The summed E-state index contributed by atoms with van der Waals surface area (Å²) in [5.74, 6) is 3.38. The molecule has 3 heterocycles. The standard InChI is InChI=1S/C17H28N2/c1(2-19-10-15-6-16(11-19)18-15)17-7-12-3-13(8-17)5-14(4-12)9-17/h12-16,18H,1-11H2. The van der Waals surface area contributed by atoms with Crippen LogP contribution in [0, 0.1) is 23.2 Å². The number of piperidine rings is 1. The van der Waals surface area contributed by atoms with Crippen LogP contribution in [-0.2, 0) is 0 Å². The second-order valence-corrected chi connectivity index (χ2v) is 8.72. The zero-order valence-electron chi connectivity index (χ0n) is 12.1. The van der Waals surface area contributed by atoms with Crippen molar-refractivity contribution in [3.8, 4) is 0 Å². The number of nitrogens with one attached hydrogen (secondary N) is 1.